The molecule has 0 fully saturated rings. The van der Waals surface area contributed by atoms with Crippen molar-refractivity contribution >= 4 is 17.0 Å². The molecular formula is C14H14F3NS. The van der Waals surface area contributed by atoms with Crippen molar-refractivity contribution in [2.45, 2.75) is 26.1 Å². The minimum Gasteiger partial charge on any atom is -0.380 e. The summed E-state index contributed by atoms with van der Waals surface area (Å²) in [4.78, 5) is 1.22. The quantitative estimate of drug-likeness (QED) is 0.838. The van der Waals surface area contributed by atoms with Gasteiger partial charge in [0.25, 0.3) is 0 Å². The summed E-state index contributed by atoms with van der Waals surface area (Å²) in [5, 5.41) is 5.17. The molecule has 0 atom stereocenters. The smallest absolute Gasteiger partial charge is 0.380 e. The maximum atomic E-state index is 12.4. The average Bonchev–Trinajstić information content (AvgIpc) is 2.83. The molecular weight excluding hydrogens is 271 g/mol. The summed E-state index contributed by atoms with van der Waals surface area (Å²) >= 11 is 1.66. The third-order valence-electron chi connectivity index (χ3n) is 2.88. The van der Waals surface area contributed by atoms with E-state index in [1.807, 2.05) is 5.38 Å². The summed E-state index contributed by atoms with van der Waals surface area (Å²) in [5.74, 6) is 0. The van der Waals surface area contributed by atoms with E-state index in [0.29, 0.717) is 12.2 Å². The van der Waals surface area contributed by atoms with Gasteiger partial charge in [-0.05, 0) is 47.7 Å². The lowest BCUT2D eigenvalue weighted by Crippen LogP contribution is -2.05. The zero-order valence-corrected chi connectivity index (χ0v) is 11.2. The van der Waals surface area contributed by atoms with Gasteiger partial charge in [0, 0.05) is 17.1 Å². The van der Waals surface area contributed by atoms with Gasteiger partial charge in [-0.2, -0.15) is 13.2 Å². The first-order valence-corrected chi connectivity index (χ1v) is 6.85. The van der Waals surface area contributed by atoms with E-state index in [1.54, 1.807) is 11.3 Å². The number of nitrogens with one attached hydrogen (secondary N) is 1. The predicted molar refractivity (Wildman–Crippen MR) is 72.5 cm³/mol. The van der Waals surface area contributed by atoms with Crippen molar-refractivity contribution in [3.05, 3.63) is 51.7 Å². The summed E-state index contributed by atoms with van der Waals surface area (Å²) < 4.78 is 37.2. The molecule has 0 aliphatic heterocycles. The number of halogens is 3. The molecule has 0 spiro atoms. The van der Waals surface area contributed by atoms with Crippen LogP contribution in [-0.2, 0) is 19.1 Å². The topological polar surface area (TPSA) is 12.0 Å². The molecule has 1 aromatic heterocycles. The molecule has 0 saturated carbocycles. The zero-order chi connectivity index (χ0) is 13.9. The van der Waals surface area contributed by atoms with E-state index in [4.69, 9.17) is 0 Å². The second-order valence-corrected chi connectivity index (χ2v) is 5.15. The molecule has 0 bridgehead atoms. The fourth-order valence-electron chi connectivity index (χ4n) is 1.80. The first-order valence-electron chi connectivity index (χ1n) is 5.97. The predicted octanol–water partition coefficient (Wildman–Crippen LogP) is 4.94. The molecule has 0 aliphatic rings. The van der Waals surface area contributed by atoms with Crippen LogP contribution in [0.15, 0.2) is 35.7 Å². The maximum absolute atomic E-state index is 12.4. The van der Waals surface area contributed by atoms with E-state index >= 15 is 0 Å². The molecule has 0 aliphatic carbocycles. The lowest BCUT2D eigenvalue weighted by molar-refractivity contribution is -0.137. The summed E-state index contributed by atoms with van der Waals surface area (Å²) in [6.45, 7) is 2.73. The van der Waals surface area contributed by atoms with Crippen LogP contribution >= 0.6 is 11.3 Å². The van der Waals surface area contributed by atoms with Crippen LogP contribution in [0.5, 0.6) is 0 Å². The number of hydrogen-bond donors (Lipinski definition) is 1. The molecule has 2 rings (SSSR count). The van der Waals surface area contributed by atoms with Gasteiger partial charge in [0.05, 0.1) is 5.56 Å². The molecule has 2 aromatic rings. The van der Waals surface area contributed by atoms with Crippen LogP contribution in [0.3, 0.4) is 0 Å². The first-order chi connectivity index (χ1) is 9.00. The van der Waals surface area contributed by atoms with Crippen molar-refractivity contribution in [3.63, 3.8) is 0 Å². The van der Waals surface area contributed by atoms with E-state index in [1.165, 1.54) is 22.6 Å². The van der Waals surface area contributed by atoms with Gasteiger partial charge in [-0.1, -0.05) is 6.92 Å². The number of anilines is 1. The Kier molecular flexibility index (Phi) is 4.14. The van der Waals surface area contributed by atoms with Crippen molar-refractivity contribution in [2.75, 3.05) is 5.32 Å². The first kappa shape index (κ1) is 13.9. The summed E-state index contributed by atoms with van der Waals surface area (Å²) in [6.07, 6.45) is -3.31. The number of alkyl halides is 3. The third-order valence-corrected chi connectivity index (χ3v) is 3.85. The molecule has 1 N–H and O–H groups in total. The molecule has 0 radical (unpaired) electrons. The minimum atomic E-state index is -4.28. The Morgan fingerprint density at radius 1 is 1.11 bits per heavy atom. The largest absolute Gasteiger partial charge is 0.416 e. The highest BCUT2D eigenvalue weighted by atomic mass is 32.1. The van der Waals surface area contributed by atoms with Crippen LogP contribution in [0.1, 0.15) is 22.9 Å². The van der Waals surface area contributed by atoms with Crippen LogP contribution in [0.25, 0.3) is 0 Å². The van der Waals surface area contributed by atoms with E-state index in [9.17, 15) is 13.2 Å². The second kappa shape index (κ2) is 5.65. The standard InChI is InChI=1S/C14H14F3NS/c1-2-10-7-8-19-13(10)9-18-12-5-3-11(4-6-12)14(15,16)17/h3-8,18H,2,9H2,1H3. The number of aryl methyl sites for hydroxylation is 1. The Bertz CT molecular complexity index is 528. The van der Waals surface area contributed by atoms with E-state index in [-0.39, 0.29) is 0 Å². The second-order valence-electron chi connectivity index (χ2n) is 4.15. The maximum Gasteiger partial charge on any atom is 0.416 e. The van der Waals surface area contributed by atoms with Gasteiger partial charge in [0.1, 0.15) is 0 Å². The van der Waals surface area contributed by atoms with Crippen molar-refractivity contribution in [1.82, 2.24) is 0 Å². The van der Waals surface area contributed by atoms with Crippen molar-refractivity contribution in [3.8, 4) is 0 Å². The van der Waals surface area contributed by atoms with Gasteiger partial charge >= 0.3 is 6.18 Å². The minimum absolute atomic E-state index is 0.622. The van der Waals surface area contributed by atoms with Crippen LogP contribution in [0, 0.1) is 0 Å². The van der Waals surface area contributed by atoms with Gasteiger partial charge in [0.15, 0.2) is 0 Å². The molecule has 0 saturated heterocycles. The highest BCUT2D eigenvalue weighted by Gasteiger charge is 2.29. The molecule has 0 amide bonds. The lowest BCUT2D eigenvalue weighted by atomic mass is 10.2. The Balaban J connectivity index is 2.01. The number of thiophene rings is 1. The number of hydrogen-bond acceptors (Lipinski definition) is 2. The van der Waals surface area contributed by atoms with Crippen molar-refractivity contribution < 1.29 is 13.2 Å². The molecule has 19 heavy (non-hydrogen) atoms. The van der Waals surface area contributed by atoms with Gasteiger partial charge in [-0.3, -0.25) is 0 Å². The molecule has 1 aromatic carbocycles. The molecule has 1 nitrogen and oxygen atoms in total. The van der Waals surface area contributed by atoms with Crippen molar-refractivity contribution in [1.29, 1.82) is 0 Å². The lowest BCUT2D eigenvalue weighted by Gasteiger charge is -2.09. The Hall–Kier alpha value is -1.49. The monoisotopic (exact) mass is 285 g/mol. The van der Waals surface area contributed by atoms with E-state index < -0.39 is 11.7 Å². The van der Waals surface area contributed by atoms with E-state index in [0.717, 1.165) is 18.6 Å². The van der Waals surface area contributed by atoms with Gasteiger partial charge in [-0.15, -0.1) is 11.3 Å². The van der Waals surface area contributed by atoms with Crippen molar-refractivity contribution in [2.24, 2.45) is 0 Å². The Morgan fingerprint density at radius 2 is 1.79 bits per heavy atom. The summed E-state index contributed by atoms with van der Waals surface area (Å²) in [6, 6.07) is 7.19. The van der Waals surface area contributed by atoms with Gasteiger partial charge in [0.2, 0.25) is 0 Å². The highest BCUT2D eigenvalue weighted by molar-refractivity contribution is 7.10. The molecule has 5 heteroatoms. The molecule has 102 valence electrons. The summed E-state index contributed by atoms with van der Waals surface area (Å²) in [5.41, 5.74) is 1.36. The fraction of sp³-hybridized carbons (Fsp3) is 0.286. The Labute approximate surface area is 114 Å². The van der Waals surface area contributed by atoms with E-state index in [2.05, 4.69) is 18.3 Å². The van der Waals surface area contributed by atoms with Gasteiger partial charge < -0.3 is 5.32 Å². The normalized spacial score (nSPS) is 11.6. The molecule has 1 heterocycles. The van der Waals surface area contributed by atoms with Gasteiger partial charge in [-0.25, -0.2) is 0 Å². The molecule has 0 unspecified atom stereocenters. The summed E-state index contributed by atoms with van der Waals surface area (Å²) in [7, 11) is 0. The number of benzene rings is 1. The highest BCUT2D eigenvalue weighted by Crippen LogP contribution is 2.30. The van der Waals surface area contributed by atoms with Crippen LogP contribution in [0.4, 0.5) is 18.9 Å². The fourth-order valence-corrected chi connectivity index (χ4v) is 2.71. The van der Waals surface area contributed by atoms with Crippen LogP contribution in [0.2, 0.25) is 0 Å². The third kappa shape index (κ3) is 3.50. The number of rotatable bonds is 4. The Morgan fingerprint density at radius 3 is 2.37 bits per heavy atom. The SMILES string of the molecule is CCc1ccsc1CNc1ccc(C(F)(F)F)cc1. The zero-order valence-electron chi connectivity index (χ0n) is 10.4. The van der Waals surface area contributed by atoms with Crippen LogP contribution < -0.4 is 5.32 Å². The van der Waals surface area contributed by atoms with Crippen LogP contribution in [-0.4, -0.2) is 0 Å². The average molecular weight is 285 g/mol.